The van der Waals surface area contributed by atoms with E-state index in [9.17, 15) is 9.90 Å². The lowest BCUT2D eigenvalue weighted by molar-refractivity contribution is -0.115. The number of thioether (sulfide) groups is 1. The Morgan fingerprint density at radius 2 is 2.04 bits per heavy atom. The molecule has 0 aromatic heterocycles. The Labute approximate surface area is 155 Å². The third-order valence-electron chi connectivity index (χ3n) is 3.54. The average Bonchev–Trinajstić information content (AvgIpc) is 2.97. The number of para-hydroxylation sites is 2. The summed E-state index contributed by atoms with van der Waals surface area (Å²) in [7, 11) is 1.48. The summed E-state index contributed by atoms with van der Waals surface area (Å²) in [5.41, 5.74) is 1.40. The minimum absolute atomic E-state index is 0.0490. The molecule has 6 nitrogen and oxygen atoms in total. The number of hydrogen-bond acceptors (Lipinski definition) is 6. The molecule has 1 saturated heterocycles. The topological polar surface area (TPSA) is 80.2 Å². The molecule has 0 saturated carbocycles. The van der Waals surface area contributed by atoms with E-state index < -0.39 is 0 Å². The molecule has 1 aliphatic heterocycles. The number of phenols is 1. The molecule has 2 aromatic rings. The van der Waals surface area contributed by atoms with Crippen LogP contribution in [0.1, 0.15) is 12.5 Å². The van der Waals surface area contributed by atoms with Gasteiger partial charge in [-0.3, -0.25) is 4.79 Å². The van der Waals surface area contributed by atoms with Gasteiger partial charge in [-0.05, 0) is 54.6 Å². The smallest absolute Gasteiger partial charge is 0.264 e. The zero-order valence-corrected chi connectivity index (χ0v) is 15.2. The van der Waals surface area contributed by atoms with Crippen LogP contribution in [0.3, 0.4) is 0 Å². The standard InChI is InChI=1S/C19H18N2O4S/c1-3-25-15-7-5-4-6-13(15)20-19-21-18(23)17(26-19)11-12-8-9-14(22)16(10-12)24-2/h4-11,22H,3H2,1-2H3,(H,20,21,23). The van der Waals surface area contributed by atoms with Crippen LogP contribution < -0.4 is 14.8 Å². The Hall–Kier alpha value is -2.93. The van der Waals surface area contributed by atoms with Gasteiger partial charge < -0.3 is 19.9 Å². The zero-order chi connectivity index (χ0) is 18.5. The van der Waals surface area contributed by atoms with Gasteiger partial charge in [0.1, 0.15) is 11.4 Å². The van der Waals surface area contributed by atoms with Crippen molar-refractivity contribution in [2.24, 2.45) is 4.99 Å². The molecule has 2 aromatic carbocycles. The van der Waals surface area contributed by atoms with Gasteiger partial charge in [0.2, 0.25) is 0 Å². The first kappa shape index (κ1) is 17.9. The largest absolute Gasteiger partial charge is 0.504 e. The second-order valence-electron chi connectivity index (χ2n) is 5.31. The number of amidine groups is 1. The van der Waals surface area contributed by atoms with Crippen LogP contribution >= 0.6 is 11.8 Å². The molecule has 0 atom stereocenters. The quantitative estimate of drug-likeness (QED) is 0.785. The predicted molar refractivity (Wildman–Crippen MR) is 103 cm³/mol. The van der Waals surface area contributed by atoms with E-state index in [1.807, 2.05) is 31.2 Å². The summed E-state index contributed by atoms with van der Waals surface area (Å²) in [6.45, 7) is 2.44. The summed E-state index contributed by atoms with van der Waals surface area (Å²) >= 11 is 1.24. The minimum Gasteiger partial charge on any atom is -0.504 e. The number of rotatable bonds is 5. The summed E-state index contributed by atoms with van der Waals surface area (Å²) in [6.07, 6.45) is 1.72. The van der Waals surface area contributed by atoms with Crippen LogP contribution in [0.15, 0.2) is 52.4 Å². The van der Waals surface area contributed by atoms with Gasteiger partial charge in [0.25, 0.3) is 5.91 Å². The molecule has 134 valence electrons. The van der Waals surface area contributed by atoms with E-state index in [0.717, 1.165) is 5.56 Å². The second kappa shape index (κ2) is 7.97. The van der Waals surface area contributed by atoms with E-state index in [2.05, 4.69) is 10.3 Å². The molecule has 0 bridgehead atoms. The fourth-order valence-electron chi connectivity index (χ4n) is 2.35. The van der Waals surface area contributed by atoms with Crippen molar-refractivity contribution in [2.45, 2.75) is 6.92 Å². The molecule has 1 fully saturated rings. The highest BCUT2D eigenvalue weighted by Gasteiger charge is 2.24. The van der Waals surface area contributed by atoms with Crippen LogP contribution in [-0.4, -0.2) is 29.9 Å². The number of carbonyl (C=O) groups is 1. The Morgan fingerprint density at radius 1 is 1.23 bits per heavy atom. The third-order valence-corrected chi connectivity index (χ3v) is 4.45. The van der Waals surface area contributed by atoms with Crippen LogP contribution in [0, 0.1) is 0 Å². The number of phenolic OH excluding ortho intramolecular Hbond substituents is 1. The van der Waals surface area contributed by atoms with Crippen LogP contribution in [0.5, 0.6) is 17.2 Å². The van der Waals surface area contributed by atoms with Crippen LogP contribution in [0.4, 0.5) is 5.69 Å². The van der Waals surface area contributed by atoms with Gasteiger partial charge in [-0.15, -0.1) is 0 Å². The van der Waals surface area contributed by atoms with E-state index in [1.54, 1.807) is 18.2 Å². The Balaban J connectivity index is 1.85. The lowest BCUT2D eigenvalue weighted by atomic mass is 10.2. The molecular weight excluding hydrogens is 352 g/mol. The van der Waals surface area contributed by atoms with E-state index in [4.69, 9.17) is 9.47 Å². The van der Waals surface area contributed by atoms with Crippen molar-refractivity contribution in [1.82, 2.24) is 5.32 Å². The van der Waals surface area contributed by atoms with Gasteiger partial charge in [0.15, 0.2) is 16.7 Å². The summed E-state index contributed by atoms with van der Waals surface area (Å²) in [5.74, 6) is 0.836. The first-order chi connectivity index (χ1) is 12.6. The molecule has 7 heteroatoms. The van der Waals surface area contributed by atoms with Crippen molar-refractivity contribution in [3.63, 3.8) is 0 Å². The number of ether oxygens (including phenoxy) is 2. The third kappa shape index (κ3) is 4.00. The van der Waals surface area contributed by atoms with Gasteiger partial charge in [-0.1, -0.05) is 18.2 Å². The van der Waals surface area contributed by atoms with Crippen LogP contribution in [0.25, 0.3) is 6.08 Å². The molecule has 0 radical (unpaired) electrons. The molecule has 0 spiro atoms. The molecule has 2 N–H and O–H groups in total. The van der Waals surface area contributed by atoms with Crippen molar-refractivity contribution in [2.75, 3.05) is 13.7 Å². The number of nitrogens with zero attached hydrogens (tertiary/aromatic N) is 1. The highest BCUT2D eigenvalue weighted by Crippen LogP contribution is 2.33. The van der Waals surface area contributed by atoms with E-state index in [1.165, 1.54) is 24.9 Å². The fraction of sp³-hybridized carbons (Fsp3) is 0.158. The maximum absolute atomic E-state index is 12.2. The van der Waals surface area contributed by atoms with Crippen LogP contribution in [0.2, 0.25) is 0 Å². The number of amides is 1. The normalized spacial score (nSPS) is 16.8. The first-order valence-corrected chi connectivity index (χ1v) is 8.80. The maximum atomic E-state index is 12.2. The molecule has 0 aliphatic carbocycles. The Bertz CT molecular complexity index is 893. The monoisotopic (exact) mass is 370 g/mol. The van der Waals surface area contributed by atoms with E-state index in [0.29, 0.717) is 33.9 Å². The first-order valence-electron chi connectivity index (χ1n) is 7.99. The van der Waals surface area contributed by atoms with Crippen molar-refractivity contribution >= 4 is 34.6 Å². The lowest BCUT2D eigenvalue weighted by Gasteiger charge is -2.06. The maximum Gasteiger partial charge on any atom is 0.264 e. The molecule has 3 rings (SSSR count). The van der Waals surface area contributed by atoms with Crippen molar-refractivity contribution in [1.29, 1.82) is 0 Å². The van der Waals surface area contributed by atoms with Gasteiger partial charge in [-0.2, -0.15) is 0 Å². The van der Waals surface area contributed by atoms with E-state index >= 15 is 0 Å². The molecule has 1 amide bonds. The summed E-state index contributed by atoms with van der Waals surface area (Å²) in [5, 5.41) is 12.9. The number of methoxy groups -OCH3 is 1. The number of benzene rings is 2. The highest BCUT2D eigenvalue weighted by atomic mass is 32.2. The number of carbonyl (C=O) groups excluding carboxylic acids is 1. The molecule has 1 heterocycles. The van der Waals surface area contributed by atoms with Gasteiger partial charge in [0, 0.05) is 0 Å². The summed E-state index contributed by atoms with van der Waals surface area (Å²) < 4.78 is 10.6. The van der Waals surface area contributed by atoms with Gasteiger partial charge >= 0.3 is 0 Å². The van der Waals surface area contributed by atoms with Crippen molar-refractivity contribution < 1.29 is 19.4 Å². The summed E-state index contributed by atoms with van der Waals surface area (Å²) in [6, 6.07) is 12.3. The van der Waals surface area contributed by atoms with E-state index in [-0.39, 0.29) is 11.7 Å². The van der Waals surface area contributed by atoms with Crippen molar-refractivity contribution in [3.05, 3.63) is 52.9 Å². The SMILES string of the molecule is CCOc1ccccc1N=C1NC(=O)C(=Cc2ccc(O)c(OC)c2)S1. The minimum atomic E-state index is -0.227. The van der Waals surface area contributed by atoms with Crippen molar-refractivity contribution in [3.8, 4) is 17.2 Å². The number of hydrogen-bond donors (Lipinski definition) is 2. The Kier molecular flexibility index (Phi) is 5.48. The lowest BCUT2D eigenvalue weighted by Crippen LogP contribution is -2.19. The number of aliphatic imine (C=N–C) groups is 1. The molecule has 0 unspecified atom stereocenters. The zero-order valence-electron chi connectivity index (χ0n) is 14.4. The second-order valence-corrected chi connectivity index (χ2v) is 6.34. The predicted octanol–water partition coefficient (Wildman–Crippen LogP) is 3.69. The number of aromatic hydroxyl groups is 1. The van der Waals surface area contributed by atoms with Gasteiger partial charge in [-0.25, -0.2) is 4.99 Å². The number of nitrogens with one attached hydrogen (secondary N) is 1. The van der Waals surface area contributed by atoms with Crippen LogP contribution in [-0.2, 0) is 4.79 Å². The Morgan fingerprint density at radius 3 is 2.81 bits per heavy atom. The molecular formula is C19H18N2O4S. The highest BCUT2D eigenvalue weighted by molar-refractivity contribution is 8.18. The molecule has 26 heavy (non-hydrogen) atoms. The average molecular weight is 370 g/mol. The summed E-state index contributed by atoms with van der Waals surface area (Å²) in [4.78, 5) is 17.2. The molecule has 1 aliphatic rings. The fourth-order valence-corrected chi connectivity index (χ4v) is 3.19. The van der Waals surface area contributed by atoms with Gasteiger partial charge in [0.05, 0.1) is 18.6 Å².